The van der Waals surface area contributed by atoms with E-state index in [2.05, 4.69) is 52.2 Å². The van der Waals surface area contributed by atoms with Crippen LogP contribution in [0.15, 0.2) is 40.4 Å². The lowest BCUT2D eigenvalue weighted by Gasteiger charge is -2.29. The van der Waals surface area contributed by atoms with Crippen molar-refractivity contribution in [3.05, 3.63) is 36.0 Å². The average Bonchev–Trinajstić information content (AvgIpc) is 3.70. The number of aromatic nitrogens is 1. The Balaban J connectivity index is 2.41. The molecule has 0 aliphatic carbocycles. The molecule has 396 valence electrons. The standard InChI is InChI=1S/C46H77N15O10/c1-23(2)18-33(59-38(64)29(47)22-62)40(66)55-26(7)37(63)58-34(19-24(3)4)41(67)56-31(14-10-16-52-45(48)49)39(65)61-36(25(5)6)43(69)60-35(20-27-21-54-30-13-9-8-12-28(27)30)42(68)57-32(44(70)71)15-11-17-53-46(50)51/h8-9,12-13,21,23-26,29,31-36,54,62H,10-11,14-20,22,47H2,1-7H3,(H,55,66)(H,56,67)(H,57,68)(H,58,63)(H,59,64)(H,60,69)(H,61,65)(H,70,71)(H4,48,49,52)(H4,50,51,53). The SMILES string of the molecule is CC(C)CC(NC(=O)C(N)CO)C(=O)NC(C)C(=O)NC(CC(C)C)C(=O)NC(CCCN=C(N)N)C(=O)NC(C(=O)NC(Cc1c[nH]c2ccccc12)C(=O)NC(CCCN=C(N)N)C(=O)O)C(C)C. The topological polar surface area (TPSA) is 432 Å². The Morgan fingerprint density at radius 1 is 0.592 bits per heavy atom. The fourth-order valence-electron chi connectivity index (χ4n) is 7.30. The maximum absolute atomic E-state index is 14.3. The Morgan fingerprint density at radius 2 is 1.06 bits per heavy atom. The van der Waals surface area contributed by atoms with Crippen molar-refractivity contribution in [3.63, 3.8) is 0 Å². The van der Waals surface area contributed by atoms with Gasteiger partial charge in [0.2, 0.25) is 41.4 Å². The van der Waals surface area contributed by atoms with Crippen LogP contribution in [0.1, 0.15) is 92.6 Å². The van der Waals surface area contributed by atoms with E-state index in [9.17, 15) is 48.6 Å². The molecule has 1 aromatic heterocycles. The predicted molar refractivity (Wildman–Crippen MR) is 267 cm³/mol. The number of guanidine groups is 2. The Bertz CT molecular complexity index is 2170. The summed E-state index contributed by atoms with van der Waals surface area (Å²) in [5.41, 5.74) is 28.8. The Labute approximate surface area is 413 Å². The normalized spacial score (nSPS) is 14.6. The summed E-state index contributed by atoms with van der Waals surface area (Å²) < 4.78 is 0. The van der Waals surface area contributed by atoms with Gasteiger partial charge in [-0.1, -0.05) is 59.7 Å². The second-order valence-electron chi connectivity index (χ2n) is 18.6. The largest absolute Gasteiger partial charge is 0.480 e. The molecule has 2 aromatic rings. The maximum atomic E-state index is 14.3. The van der Waals surface area contributed by atoms with Crippen molar-refractivity contribution in [1.82, 2.24) is 42.2 Å². The summed E-state index contributed by atoms with van der Waals surface area (Å²) in [6.07, 6.45) is 2.20. The molecular formula is C46H77N15O10. The van der Waals surface area contributed by atoms with Crippen molar-refractivity contribution >= 4 is 70.1 Å². The Hall–Kier alpha value is -7.02. The number of amides is 7. The van der Waals surface area contributed by atoms with Crippen molar-refractivity contribution in [1.29, 1.82) is 0 Å². The third kappa shape index (κ3) is 21.3. The molecule has 25 nitrogen and oxygen atoms in total. The number of hydrogen-bond acceptors (Lipinski definition) is 12. The predicted octanol–water partition coefficient (Wildman–Crippen LogP) is -2.62. The van der Waals surface area contributed by atoms with Crippen molar-refractivity contribution in [2.24, 2.45) is 56.4 Å². The first-order valence-electron chi connectivity index (χ1n) is 23.7. The monoisotopic (exact) mass is 1000 g/mol. The fourth-order valence-corrected chi connectivity index (χ4v) is 7.30. The number of aliphatic imine (C=N–C) groups is 2. The van der Waals surface area contributed by atoms with Crippen molar-refractivity contribution in [3.8, 4) is 0 Å². The summed E-state index contributed by atoms with van der Waals surface area (Å²) in [5.74, 6) is -7.89. The van der Waals surface area contributed by atoms with E-state index in [4.69, 9.17) is 28.7 Å². The average molecular weight is 1000 g/mol. The van der Waals surface area contributed by atoms with E-state index in [1.807, 2.05) is 45.9 Å². The summed E-state index contributed by atoms with van der Waals surface area (Å²) in [6.45, 7) is 11.5. The molecule has 8 unspecified atom stereocenters. The lowest BCUT2D eigenvalue weighted by molar-refractivity contribution is -0.142. The highest BCUT2D eigenvalue weighted by Gasteiger charge is 2.35. The zero-order valence-corrected chi connectivity index (χ0v) is 41.8. The van der Waals surface area contributed by atoms with E-state index in [1.54, 1.807) is 26.1 Å². The lowest BCUT2D eigenvalue weighted by Crippen LogP contribution is -2.61. The zero-order chi connectivity index (χ0) is 53.5. The summed E-state index contributed by atoms with van der Waals surface area (Å²) in [7, 11) is 0. The Morgan fingerprint density at radius 3 is 1.58 bits per heavy atom. The number of hydrogen-bond donors (Lipinski definition) is 15. The number of rotatable bonds is 31. The third-order valence-corrected chi connectivity index (χ3v) is 11.1. The lowest BCUT2D eigenvalue weighted by atomic mass is 9.99. The van der Waals surface area contributed by atoms with Crippen LogP contribution in [0.3, 0.4) is 0 Å². The molecule has 0 spiro atoms. The van der Waals surface area contributed by atoms with E-state index in [1.165, 1.54) is 6.92 Å². The third-order valence-electron chi connectivity index (χ3n) is 11.1. The van der Waals surface area contributed by atoms with Crippen LogP contribution in [-0.4, -0.2) is 142 Å². The number of aliphatic carboxylic acids is 1. The van der Waals surface area contributed by atoms with Crippen molar-refractivity contribution < 1.29 is 48.6 Å². The van der Waals surface area contributed by atoms with Gasteiger partial charge in [-0.3, -0.25) is 43.5 Å². The Kier molecular flexibility index (Phi) is 25.3. The van der Waals surface area contributed by atoms with Crippen LogP contribution < -0.4 is 65.9 Å². The quantitative estimate of drug-likeness (QED) is 0.0209. The molecular weight excluding hydrogens is 923 g/mol. The molecule has 0 aliphatic rings. The number of para-hydroxylation sites is 1. The number of H-pyrrole nitrogens is 1. The van der Waals surface area contributed by atoms with Gasteiger partial charge in [-0.05, 0) is 74.8 Å². The molecule has 0 aliphatic heterocycles. The number of carbonyl (C=O) groups is 8. The molecule has 8 atom stereocenters. The van der Waals surface area contributed by atoms with Crippen LogP contribution in [0.4, 0.5) is 0 Å². The van der Waals surface area contributed by atoms with Crippen LogP contribution in [0.2, 0.25) is 0 Å². The molecule has 71 heavy (non-hydrogen) atoms. The smallest absolute Gasteiger partial charge is 0.326 e. The molecule has 0 bridgehead atoms. The second kappa shape index (κ2) is 29.9. The van der Waals surface area contributed by atoms with Crippen LogP contribution in [-0.2, 0) is 44.8 Å². The number of aliphatic hydroxyl groups is 1. The van der Waals surface area contributed by atoms with E-state index >= 15 is 0 Å². The molecule has 7 amide bonds. The highest BCUT2D eigenvalue weighted by atomic mass is 16.4. The number of benzene rings is 1. The molecule has 0 saturated heterocycles. The second-order valence-corrected chi connectivity index (χ2v) is 18.6. The minimum atomic E-state index is -1.37. The zero-order valence-electron chi connectivity index (χ0n) is 41.8. The fraction of sp³-hybridized carbons (Fsp3) is 0.609. The first-order chi connectivity index (χ1) is 33.3. The van der Waals surface area contributed by atoms with Gasteiger partial charge in [0.25, 0.3) is 0 Å². The van der Waals surface area contributed by atoms with Gasteiger partial charge in [0.15, 0.2) is 11.9 Å². The van der Waals surface area contributed by atoms with Gasteiger partial charge in [-0.25, -0.2) is 4.79 Å². The van der Waals surface area contributed by atoms with Gasteiger partial charge in [-0.2, -0.15) is 0 Å². The molecule has 2 rings (SSSR count). The summed E-state index contributed by atoms with van der Waals surface area (Å²) >= 11 is 0. The van der Waals surface area contributed by atoms with Gasteiger partial charge in [-0.15, -0.1) is 0 Å². The number of aliphatic hydroxyl groups excluding tert-OH is 1. The van der Waals surface area contributed by atoms with Gasteiger partial charge >= 0.3 is 5.97 Å². The number of nitrogens with zero attached hydrogens (tertiary/aromatic N) is 2. The molecule has 0 saturated carbocycles. The molecule has 20 N–H and O–H groups in total. The summed E-state index contributed by atoms with van der Waals surface area (Å²) in [5, 5.41) is 38.4. The number of nitrogens with one attached hydrogen (secondary N) is 8. The molecule has 25 heteroatoms. The highest BCUT2D eigenvalue weighted by Crippen LogP contribution is 2.20. The van der Waals surface area contributed by atoms with Gasteiger partial charge in [0, 0.05) is 36.6 Å². The van der Waals surface area contributed by atoms with Crippen molar-refractivity contribution in [2.75, 3.05) is 19.7 Å². The van der Waals surface area contributed by atoms with Crippen LogP contribution >= 0.6 is 0 Å². The van der Waals surface area contributed by atoms with Gasteiger partial charge in [0.05, 0.1) is 6.61 Å². The first kappa shape index (κ1) is 60.1. The van der Waals surface area contributed by atoms with Crippen LogP contribution in [0.25, 0.3) is 10.9 Å². The van der Waals surface area contributed by atoms with E-state index in [-0.39, 0.29) is 81.8 Å². The van der Waals surface area contributed by atoms with Gasteiger partial charge in [0.1, 0.15) is 48.3 Å². The minimum absolute atomic E-state index is 0.0354. The number of carbonyl (C=O) groups excluding carboxylic acids is 7. The minimum Gasteiger partial charge on any atom is -0.480 e. The van der Waals surface area contributed by atoms with Crippen molar-refractivity contribution in [2.45, 2.75) is 142 Å². The van der Waals surface area contributed by atoms with Crippen LogP contribution in [0, 0.1) is 17.8 Å². The first-order valence-corrected chi connectivity index (χ1v) is 23.7. The number of nitrogens with two attached hydrogens (primary N) is 5. The summed E-state index contributed by atoms with van der Waals surface area (Å²) in [6, 6.07) is -2.86. The maximum Gasteiger partial charge on any atom is 0.326 e. The molecule has 0 radical (unpaired) electrons. The van der Waals surface area contributed by atoms with E-state index in [0.717, 1.165) is 10.9 Å². The van der Waals surface area contributed by atoms with Gasteiger partial charge < -0.3 is 81.1 Å². The highest BCUT2D eigenvalue weighted by molar-refractivity contribution is 5.98. The van der Waals surface area contributed by atoms with E-state index in [0.29, 0.717) is 5.56 Å². The number of carboxylic acids is 1. The van der Waals surface area contributed by atoms with Crippen LogP contribution in [0.5, 0.6) is 0 Å². The molecule has 0 fully saturated rings. The number of aromatic amines is 1. The molecule has 1 aromatic carbocycles. The van der Waals surface area contributed by atoms with E-state index < -0.39 is 108 Å². The summed E-state index contributed by atoms with van der Waals surface area (Å²) in [4.78, 5) is 119. The number of fused-ring (bicyclic) bond motifs is 1. The molecule has 1 heterocycles. The number of carboxylic acid groups (broad SMARTS) is 1.